The normalized spacial score (nSPS) is 14.9. The maximum atomic E-state index is 12.9. The van der Waals surface area contributed by atoms with Gasteiger partial charge in [0, 0.05) is 18.3 Å². The van der Waals surface area contributed by atoms with Gasteiger partial charge in [-0.15, -0.1) is 0 Å². The van der Waals surface area contributed by atoms with Gasteiger partial charge in [-0.3, -0.25) is 4.79 Å². The molecule has 27 heavy (non-hydrogen) atoms. The second-order valence-electron chi connectivity index (χ2n) is 7.43. The number of amides is 3. The van der Waals surface area contributed by atoms with E-state index in [4.69, 9.17) is 0 Å². The molecule has 0 spiro atoms. The van der Waals surface area contributed by atoms with Crippen LogP contribution in [0.1, 0.15) is 44.2 Å². The Morgan fingerprint density at radius 3 is 2.22 bits per heavy atom. The van der Waals surface area contributed by atoms with Crippen LogP contribution in [-0.4, -0.2) is 18.0 Å². The highest BCUT2D eigenvalue weighted by atomic mass is 16.2. The summed E-state index contributed by atoms with van der Waals surface area (Å²) in [6, 6.07) is 17.4. The summed E-state index contributed by atoms with van der Waals surface area (Å²) in [5, 5.41) is 8.66. The zero-order valence-corrected chi connectivity index (χ0v) is 15.9. The van der Waals surface area contributed by atoms with Crippen molar-refractivity contribution in [2.45, 2.75) is 51.1 Å². The van der Waals surface area contributed by atoms with Gasteiger partial charge < -0.3 is 16.0 Å². The van der Waals surface area contributed by atoms with Crippen LogP contribution in [-0.2, 0) is 16.8 Å². The molecule has 1 aliphatic carbocycles. The molecule has 0 atom stereocenters. The van der Waals surface area contributed by atoms with E-state index in [9.17, 15) is 9.59 Å². The molecule has 3 N–H and O–H groups in total. The van der Waals surface area contributed by atoms with Crippen molar-refractivity contribution in [1.29, 1.82) is 0 Å². The Bertz CT molecular complexity index is 781. The number of hydrogen-bond acceptors (Lipinski definition) is 2. The monoisotopic (exact) mass is 365 g/mol. The SMILES string of the molecule is CC(C)NC(=O)Nc1ccc(CNC(=O)C2(c3ccccc3)CCC2)cc1. The maximum absolute atomic E-state index is 12.9. The van der Waals surface area contributed by atoms with E-state index in [0.717, 1.165) is 36.1 Å². The smallest absolute Gasteiger partial charge is 0.319 e. The van der Waals surface area contributed by atoms with Crippen molar-refractivity contribution in [3.8, 4) is 0 Å². The van der Waals surface area contributed by atoms with Crippen LogP contribution in [0, 0.1) is 0 Å². The average Bonchev–Trinajstić information content (AvgIpc) is 2.60. The van der Waals surface area contributed by atoms with Crippen molar-refractivity contribution < 1.29 is 9.59 Å². The first-order chi connectivity index (χ1) is 13.0. The molecule has 0 heterocycles. The molecular formula is C22H27N3O2. The van der Waals surface area contributed by atoms with Crippen LogP contribution < -0.4 is 16.0 Å². The molecule has 0 aromatic heterocycles. The number of rotatable bonds is 6. The lowest BCUT2D eigenvalue weighted by molar-refractivity contribution is -0.130. The Balaban J connectivity index is 1.57. The van der Waals surface area contributed by atoms with E-state index < -0.39 is 0 Å². The van der Waals surface area contributed by atoms with E-state index >= 15 is 0 Å². The zero-order valence-electron chi connectivity index (χ0n) is 15.9. The molecule has 0 saturated heterocycles. The number of anilines is 1. The third kappa shape index (κ3) is 4.48. The lowest BCUT2D eigenvalue weighted by Gasteiger charge is -2.40. The van der Waals surface area contributed by atoms with Crippen LogP contribution in [0.2, 0.25) is 0 Å². The first-order valence-corrected chi connectivity index (χ1v) is 9.50. The van der Waals surface area contributed by atoms with Crippen molar-refractivity contribution in [3.63, 3.8) is 0 Å². The summed E-state index contributed by atoms with van der Waals surface area (Å²) in [6.45, 7) is 4.30. The molecule has 5 nitrogen and oxygen atoms in total. The highest BCUT2D eigenvalue weighted by molar-refractivity contribution is 5.90. The summed E-state index contributed by atoms with van der Waals surface area (Å²) in [6.07, 6.45) is 2.88. The minimum atomic E-state index is -0.377. The molecule has 1 aliphatic rings. The lowest BCUT2D eigenvalue weighted by atomic mass is 9.64. The third-order valence-electron chi connectivity index (χ3n) is 5.05. The molecule has 1 saturated carbocycles. The average molecular weight is 365 g/mol. The fourth-order valence-corrected chi connectivity index (χ4v) is 3.42. The van der Waals surface area contributed by atoms with Gasteiger partial charge in [0.15, 0.2) is 0 Å². The second kappa shape index (κ2) is 8.25. The van der Waals surface area contributed by atoms with Crippen molar-refractivity contribution in [2.24, 2.45) is 0 Å². The van der Waals surface area contributed by atoms with Crippen molar-refractivity contribution in [1.82, 2.24) is 10.6 Å². The molecule has 0 unspecified atom stereocenters. The number of benzene rings is 2. The topological polar surface area (TPSA) is 70.2 Å². The summed E-state index contributed by atoms with van der Waals surface area (Å²) < 4.78 is 0. The van der Waals surface area contributed by atoms with Crippen molar-refractivity contribution in [2.75, 3.05) is 5.32 Å². The molecule has 0 aliphatic heterocycles. The quantitative estimate of drug-likeness (QED) is 0.725. The number of urea groups is 1. The standard InChI is InChI=1S/C22H27N3O2/c1-16(2)24-21(27)25-19-11-9-17(10-12-19)15-23-20(26)22(13-6-14-22)18-7-4-3-5-8-18/h3-5,7-12,16H,6,13-15H2,1-2H3,(H,23,26)(H2,24,25,27). The van der Waals surface area contributed by atoms with Gasteiger partial charge in [-0.1, -0.05) is 48.9 Å². The van der Waals surface area contributed by atoms with Gasteiger partial charge in [-0.25, -0.2) is 4.79 Å². The summed E-state index contributed by atoms with van der Waals surface area (Å²) in [5.74, 6) is 0.0958. The van der Waals surface area contributed by atoms with Gasteiger partial charge in [0.05, 0.1) is 5.41 Å². The lowest BCUT2D eigenvalue weighted by Crippen LogP contribution is -2.48. The second-order valence-corrected chi connectivity index (χ2v) is 7.43. The number of carbonyl (C=O) groups excluding carboxylic acids is 2. The summed E-state index contributed by atoms with van der Waals surface area (Å²) >= 11 is 0. The van der Waals surface area contributed by atoms with Crippen LogP contribution in [0.15, 0.2) is 54.6 Å². The minimum Gasteiger partial charge on any atom is -0.351 e. The molecule has 0 bridgehead atoms. The third-order valence-corrected chi connectivity index (χ3v) is 5.05. The van der Waals surface area contributed by atoms with Crippen LogP contribution in [0.25, 0.3) is 0 Å². The Labute approximate surface area is 160 Å². The van der Waals surface area contributed by atoms with Gasteiger partial charge in [0.1, 0.15) is 0 Å². The molecule has 142 valence electrons. The fraction of sp³-hybridized carbons (Fsp3) is 0.364. The van der Waals surface area contributed by atoms with E-state index in [-0.39, 0.29) is 23.4 Å². The first-order valence-electron chi connectivity index (χ1n) is 9.50. The Kier molecular flexibility index (Phi) is 5.79. The Morgan fingerprint density at radius 1 is 1.00 bits per heavy atom. The molecule has 1 fully saturated rings. The molecule has 0 radical (unpaired) electrons. The van der Waals surface area contributed by atoms with Gasteiger partial charge >= 0.3 is 6.03 Å². The first kappa shape index (κ1) is 19.0. The summed E-state index contributed by atoms with van der Waals surface area (Å²) in [7, 11) is 0. The number of hydrogen-bond donors (Lipinski definition) is 3. The van der Waals surface area contributed by atoms with E-state index in [1.807, 2.05) is 68.4 Å². The van der Waals surface area contributed by atoms with Crippen LogP contribution >= 0.6 is 0 Å². The van der Waals surface area contributed by atoms with Crippen LogP contribution in [0.3, 0.4) is 0 Å². The van der Waals surface area contributed by atoms with Gasteiger partial charge in [-0.05, 0) is 49.9 Å². The molecular weight excluding hydrogens is 338 g/mol. The minimum absolute atomic E-state index is 0.0860. The Morgan fingerprint density at radius 2 is 1.67 bits per heavy atom. The predicted molar refractivity (Wildman–Crippen MR) is 108 cm³/mol. The molecule has 5 heteroatoms. The van der Waals surface area contributed by atoms with Crippen LogP contribution in [0.5, 0.6) is 0 Å². The largest absolute Gasteiger partial charge is 0.351 e. The number of nitrogens with one attached hydrogen (secondary N) is 3. The molecule has 3 amide bonds. The van der Waals surface area contributed by atoms with E-state index in [1.54, 1.807) is 0 Å². The van der Waals surface area contributed by atoms with Gasteiger partial charge in [0.25, 0.3) is 0 Å². The molecule has 2 aromatic carbocycles. The molecule has 2 aromatic rings. The van der Waals surface area contributed by atoms with Crippen molar-refractivity contribution in [3.05, 3.63) is 65.7 Å². The van der Waals surface area contributed by atoms with Crippen LogP contribution in [0.4, 0.5) is 10.5 Å². The summed E-state index contributed by atoms with van der Waals surface area (Å²) in [5.41, 5.74) is 2.45. The highest BCUT2D eigenvalue weighted by Crippen LogP contribution is 2.43. The van der Waals surface area contributed by atoms with E-state index in [0.29, 0.717) is 6.54 Å². The zero-order chi connectivity index (χ0) is 19.3. The highest BCUT2D eigenvalue weighted by Gasteiger charge is 2.45. The molecule has 3 rings (SSSR count). The summed E-state index contributed by atoms with van der Waals surface area (Å²) in [4.78, 5) is 24.6. The van der Waals surface area contributed by atoms with Gasteiger partial charge in [-0.2, -0.15) is 0 Å². The van der Waals surface area contributed by atoms with Gasteiger partial charge in [0.2, 0.25) is 5.91 Å². The fourth-order valence-electron chi connectivity index (χ4n) is 3.42. The number of carbonyl (C=O) groups is 2. The maximum Gasteiger partial charge on any atom is 0.319 e. The van der Waals surface area contributed by atoms with E-state index in [1.165, 1.54) is 0 Å². The van der Waals surface area contributed by atoms with E-state index in [2.05, 4.69) is 16.0 Å². The predicted octanol–water partition coefficient (Wildman–Crippen LogP) is 3.95. The Hall–Kier alpha value is -2.82. The van der Waals surface area contributed by atoms with Crippen molar-refractivity contribution >= 4 is 17.6 Å².